The quantitative estimate of drug-likeness (QED) is 0.920. The lowest BCUT2D eigenvalue weighted by atomic mass is 10.0. The molecule has 116 valence electrons. The molecule has 2 aromatic rings. The molecule has 0 atom stereocenters. The first-order valence-electron chi connectivity index (χ1n) is 6.70. The van der Waals surface area contributed by atoms with E-state index in [0.29, 0.717) is 5.82 Å². The third-order valence-corrected chi connectivity index (χ3v) is 5.59. The zero-order chi connectivity index (χ0) is 15.7. The van der Waals surface area contributed by atoms with Crippen molar-refractivity contribution in [1.29, 1.82) is 0 Å². The predicted molar refractivity (Wildman–Crippen MR) is 86.1 cm³/mol. The number of amides is 1. The minimum absolute atomic E-state index is 0.190. The maximum Gasteiger partial charge on any atom is 0.231 e. The zero-order valence-corrected chi connectivity index (χ0v) is 13.5. The van der Waals surface area contributed by atoms with Crippen molar-refractivity contribution in [1.82, 2.24) is 9.29 Å². The van der Waals surface area contributed by atoms with Gasteiger partial charge in [-0.1, -0.05) is 30.3 Å². The Labute approximate surface area is 132 Å². The van der Waals surface area contributed by atoms with Crippen LogP contribution in [0.2, 0.25) is 0 Å². The van der Waals surface area contributed by atoms with E-state index in [0.717, 1.165) is 16.8 Å². The van der Waals surface area contributed by atoms with Crippen molar-refractivity contribution in [3.8, 4) is 10.6 Å². The van der Waals surface area contributed by atoms with Gasteiger partial charge in [0.25, 0.3) is 0 Å². The molecule has 6 nitrogen and oxygen atoms in total. The number of rotatable bonds is 4. The SMILES string of the molecule is CS(=O)(=O)N1CC(C(=O)Nc2csc(-c3ccccc3)n2)C1. The Bertz CT molecular complexity index is 781. The van der Waals surface area contributed by atoms with Gasteiger partial charge >= 0.3 is 0 Å². The van der Waals surface area contributed by atoms with Crippen LogP contribution in [-0.2, 0) is 14.8 Å². The lowest BCUT2D eigenvalue weighted by Gasteiger charge is -2.35. The second kappa shape index (κ2) is 5.79. The topological polar surface area (TPSA) is 79.4 Å². The van der Waals surface area contributed by atoms with Gasteiger partial charge in [-0.25, -0.2) is 17.7 Å². The van der Waals surface area contributed by atoms with E-state index in [9.17, 15) is 13.2 Å². The Morgan fingerprint density at radius 1 is 1.32 bits per heavy atom. The van der Waals surface area contributed by atoms with Crippen LogP contribution in [-0.4, -0.2) is 43.0 Å². The largest absolute Gasteiger partial charge is 0.310 e. The number of aromatic nitrogens is 1. The van der Waals surface area contributed by atoms with Crippen molar-refractivity contribution in [3.05, 3.63) is 35.7 Å². The summed E-state index contributed by atoms with van der Waals surface area (Å²) in [6, 6.07) is 9.72. The Morgan fingerprint density at radius 3 is 2.64 bits per heavy atom. The fraction of sp³-hybridized carbons (Fsp3) is 0.286. The van der Waals surface area contributed by atoms with Crippen LogP contribution in [0, 0.1) is 5.92 Å². The highest BCUT2D eigenvalue weighted by Gasteiger charge is 2.37. The highest BCUT2D eigenvalue weighted by Crippen LogP contribution is 2.26. The number of benzene rings is 1. The number of anilines is 1. The molecule has 1 aromatic heterocycles. The number of hydrogen-bond acceptors (Lipinski definition) is 5. The molecule has 1 fully saturated rings. The highest BCUT2D eigenvalue weighted by molar-refractivity contribution is 7.88. The van der Waals surface area contributed by atoms with Crippen LogP contribution in [0.1, 0.15) is 0 Å². The predicted octanol–water partition coefficient (Wildman–Crippen LogP) is 1.64. The van der Waals surface area contributed by atoms with E-state index in [4.69, 9.17) is 0 Å². The summed E-state index contributed by atoms with van der Waals surface area (Å²) in [5.41, 5.74) is 1.000. The molecule has 0 bridgehead atoms. The summed E-state index contributed by atoms with van der Waals surface area (Å²) >= 11 is 1.45. The Balaban J connectivity index is 1.61. The normalized spacial score (nSPS) is 16.2. The van der Waals surface area contributed by atoms with Gasteiger partial charge in [0.2, 0.25) is 15.9 Å². The summed E-state index contributed by atoms with van der Waals surface area (Å²) in [5, 5.41) is 5.37. The maximum atomic E-state index is 12.0. The molecule has 22 heavy (non-hydrogen) atoms. The summed E-state index contributed by atoms with van der Waals surface area (Å²) in [6.45, 7) is 0.473. The Hall–Kier alpha value is -1.77. The molecule has 8 heteroatoms. The number of sulfonamides is 1. The Morgan fingerprint density at radius 2 is 2.00 bits per heavy atom. The second-order valence-corrected chi connectivity index (χ2v) is 8.01. The summed E-state index contributed by atoms with van der Waals surface area (Å²) in [7, 11) is -3.20. The van der Waals surface area contributed by atoms with Crippen LogP contribution in [0.4, 0.5) is 5.82 Å². The molecule has 3 rings (SSSR count). The molecule has 1 aliphatic heterocycles. The van der Waals surface area contributed by atoms with Crippen LogP contribution in [0.25, 0.3) is 10.6 Å². The van der Waals surface area contributed by atoms with E-state index >= 15 is 0 Å². The fourth-order valence-corrected chi connectivity index (χ4v) is 3.81. The summed E-state index contributed by atoms with van der Waals surface area (Å²) in [4.78, 5) is 16.4. The van der Waals surface area contributed by atoms with Gasteiger partial charge in [-0.15, -0.1) is 11.3 Å². The number of thiazole rings is 1. The second-order valence-electron chi connectivity index (χ2n) is 5.17. The third kappa shape index (κ3) is 3.18. The van der Waals surface area contributed by atoms with Crippen LogP contribution in [0.5, 0.6) is 0 Å². The minimum atomic E-state index is -3.20. The molecule has 0 unspecified atom stereocenters. The molecular formula is C14H15N3O3S2. The molecule has 1 N–H and O–H groups in total. The summed E-state index contributed by atoms with van der Waals surface area (Å²) in [6.07, 6.45) is 1.15. The van der Waals surface area contributed by atoms with Crippen LogP contribution >= 0.6 is 11.3 Å². The molecule has 1 amide bonds. The van der Waals surface area contributed by atoms with Gasteiger partial charge in [0.15, 0.2) is 0 Å². The van der Waals surface area contributed by atoms with Crippen molar-refractivity contribution in [2.45, 2.75) is 0 Å². The van der Waals surface area contributed by atoms with Crippen molar-refractivity contribution in [2.75, 3.05) is 24.7 Å². The van der Waals surface area contributed by atoms with Gasteiger partial charge in [-0.3, -0.25) is 4.79 Å². The van der Waals surface area contributed by atoms with E-state index in [1.807, 2.05) is 30.3 Å². The third-order valence-electron chi connectivity index (χ3n) is 3.46. The van der Waals surface area contributed by atoms with Crippen LogP contribution < -0.4 is 5.32 Å². The van der Waals surface area contributed by atoms with Gasteiger partial charge in [-0.2, -0.15) is 0 Å². The highest BCUT2D eigenvalue weighted by atomic mass is 32.2. The average molecular weight is 337 g/mol. The smallest absolute Gasteiger partial charge is 0.231 e. The van der Waals surface area contributed by atoms with Gasteiger partial charge in [0.1, 0.15) is 10.8 Å². The van der Waals surface area contributed by atoms with E-state index in [1.54, 1.807) is 5.38 Å². The molecule has 0 aliphatic carbocycles. The lowest BCUT2D eigenvalue weighted by Crippen LogP contribution is -2.53. The number of nitrogens with zero attached hydrogens (tertiary/aromatic N) is 2. The number of hydrogen-bond donors (Lipinski definition) is 1. The number of carbonyl (C=O) groups excluding carboxylic acids is 1. The molecule has 1 aromatic carbocycles. The first kappa shape index (κ1) is 15.1. The Kier molecular flexibility index (Phi) is 3.98. The molecule has 1 saturated heterocycles. The number of carbonyl (C=O) groups is 1. The first-order chi connectivity index (χ1) is 10.4. The van der Waals surface area contributed by atoms with Gasteiger partial charge in [0, 0.05) is 24.0 Å². The van der Waals surface area contributed by atoms with Crippen molar-refractivity contribution >= 4 is 33.1 Å². The van der Waals surface area contributed by atoms with E-state index in [1.165, 1.54) is 15.6 Å². The van der Waals surface area contributed by atoms with Crippen LogP contribution in [0.15, 0.2) is 35.7 Å². The van der Waals surface area contributed by atoms with Crippen molar-refractivity contribution in [2.24, 2.45) is 5.92 Å². The van der Waals surface area contributed by atoms with Gasteiger partial charge in [0.05, 0.1) is 12.2 Å². The van der Waals surface area contributed by atoms with E-state index in [-0.39, 0.29) is 24.9 Å². The van der Waals surface area contributed by atoms with Crippen LogP contribution in [0.3, 0.4) is 0 Å². The van der Waals surface area contributed by atoms with E-state index < -0.39 is 10.0 Å². The molecule has 1 aliphatic rings. The molecule has 0 saturated carbocycles. The molecule has 2 heterocycles. The summed E-state index contributed by atoms with van der Waals surface area (Å²) < 4.78 is 23.9. The van der Waals surface area contributed by atoms with E-state index in [2.05, 4.69) is 10.3 Å². The van der Waals surface area contributed by atoms with Gasteiger partial charge < -0.3 is 5.32 Å². The average Bonchev–Trinajstić information content (AvgIpc) is 2.84. The number of nitrogens with one attached hydrogen (secondary N) is 1. The molecule has 0 radical (unpaired) electrons. The van der Waals surface area contributed by atoms with Crippen molar-refractivity contribution < 1.29 is 13.2 Å². The first-order valence-corrected chi connectivity index (χ1v) is 9.43. The van der Waals surface area contributed by atoms with Gasteiger partial charge in [-0.05, 0) is 0 Å². The lowest BCUT2D eigenvalue weighted by molar-refractivity contribution is -0.122. The standard InChI is InChI=1S/C14H15N3O3S2/c1-22(19,20)17-7-11(8-17)13(18)15-12-9-21-14(16-12)10-5-3-2-4-6-10/h2-6,9,11H,7-8H2,1H3,(H,15,18). The monoisotopic (exact) mass is 337 g/mol. The van der Waals surface area contributed by atoms with Crippen molar-refractivity contribution in [3.63, 3.8) is 0 Å². The molecule has 0 spiro atoms. The molecular weight excluding hydrogens is 322 g/mol. The fourth-order valence-electron chi connectivity index (χ4n) is 2.15. The summed E-state index contributed by atoms with van der Waals surface area (Å²) in [5.74, 6) is 0.00747. The zero-order valence-electron chi connectivity index (χ0n) is 11.9. The minimum Gasteiger partial charge on any atom is -0.310 e. The maximum absolute atomic E-state index is 12.0.